The lowest BCUT2D eigenvalue weighted by Crippen LogP contribution is -2.35. The van der Waals surface area contributed by atoms with Gasteiger partial charge in [-0.1, -0.05) is 54.6 Å². The van der Waals surface area contributed by atoms with Crippen molar-refractivity contribution in [2.75, 3.05) is 19.6 Å². The van der Waals surface area contributed by atoms with Gasteiger partial charge in [0, 0.05) is 45.4 Å². The number of aliphatic hydroxyl groups is 1. The van der Waals surface area contributed by atoms with Gasteiger partial charge in [0.05, 0.1) is 18.4 Å². The van der Waals surface area contributed by atoms with Gasteiger partial charge in [-0.2, -0.15) is 5.10 Å². The van der Waals surface area contributed by atoms with Crippen LogP contribution in [0.15, 0.2) is 59.7 Å². The monoisotopic (exact) mass is 448 g/mol. The second-order valence-corrected chi connectivity index (χ2v) is 8.78. The fourth-order valence-electron chi connectivity index (χ4n) is 4.21. The van der Waals surface area contributed by atoms with Gasteiger partial charge in [0.1, 0.15) is 0 Å². The third kappa shape index (κ3) is 6.73. The van der Waals surface area contributed by atoms with Crippen molar-refractivity contribution in [1.29, 1.82) is 0 Å². The molecule has 2 heterocycles. The second-order valence-electron chi connectivity index (χ2n) is 8.78. The molecule has 0 bridgehead atoms. The molecule has 2 amide bonds. The van der Waals surface area contributed by atoms with Gasteiger partial charge >= 0.3 is 0 Å². The molecule has 1 fully saturated rings. The first-order chi connectivity index (χ1) is 16.1. The zero-order valence-electron chi connectivity index (χ0n) is 18.9. The molecule has 2 aliphatic heterocycles. The van der Waals surface area contributed by atoms with Crippen LogP contribution in [0.5, 0.6) is 0 Å². The van der Waals surface area contributed by atoms with E-state index in [4.69, 9.17) is 0 Å². The number of amides is 2. The number of piperidine rings is 1. The normalized spacial score (nSPS) is 17.1. The zero-order valence-corrected chi connectivity index (χ0v) is 18.9. The fourth-order valence-corrected chi connectivity index (χ4v) is 4.21. The summed E-state index contributed by atoms with van der Waals surface area (Å²) in [5.74, 6) is -0.253. The molecule has 0 aromatic heterocycles. The Hall–Kier alpha value is -3.03. The highest BCUT2D eigenvalue weighted by Gasteiger charge is 2.22. The maximum atomic E-state index is 12.4. The minimum Gasteiger partial charge on any atom is -0.393 e. The highest BCUT2D eigenvalue weighted by Crippen LogP contribution is 2.16. The number of nitrogens with one attached hydrogen (secondary N) is 1. The Balaban J connectivity index is 1.17. The van der Waals surface area contributed by atoms with Crippen molar-refractivity contribution >= 4 is 17.5 Å². The van der Waals surface area contributed by atoms with E-state index in [0.717, 1.165) is 55.7 Å². The van der Waals surface area contributed by atoms with E-state index in [1.807, 2.05) is 42.5 Å². The molecule has 174 valence electrons. The van der Waals surface area contributed by atoms with Crippen LogP contribution in [0.3, 0.4) is 0 Å². The summed E-state index contributed by atoms with van der Waals surface area (Å²) in [6.07, 6.45) is 2.57. The Bertz CT molecular complexity index is 967. The molecule has 0 unspecified atom stereocenters. The van der Waals surface area contributed by atoms with E-state index in [0.29, 0.717) is 13.1 Å². The predicted octanol–water partition coefficient (Wildman–Crippen LogP) is 2.68. The molecule has 0 spiro atoms. The molecule has 0 saturated carbocycles. The van der Waals surface area contributed by atoms with Crippen molar-refractivity contribution in [3.63, 3.8) is 0 Å². The molecule has 4 rings (SSSR count). The van der Waals surface area contributed by atoms with Crippen molar-refractivity contribution in [2.24, 2.45) is 5.10 Å². The second kappa shape index (κ2) is 11.2. The summed E-state index contributed by atoms with van der Waals surface area (Å²) in [5.41, 5.74) is 4.21. The lowest BCUT2D eigenvalue weighted by Gasteiger charge is -2.29. The number of benzene rings is 2. The maximum absolute atomic E-state index is 12.4. The Kier molecular flexibility index (Phi) is 7.86. The van der Waals surface area contributed by atoms with Gasteiger partial charge in [-0.25, -0.2) is 5.01 Å². The van der Waals surface area contributed by atoms with Gasteiger partial charge in [-0.15, -0.1) is 0 Å². The molecule has 7 heteroatoms. The average Bonchev–Trinajstić information content (AvgIpc) is 3.35. The van der Waals surface area contributed by atoms with Crippen LogP contribution in [0.4, 0.5) is 0 Å². The first-order valence-corrected chi connectivity index (χ1v) is 11.7. The molecule has 0 atom stereocenters. The number of likely N-dealkylation sites (tertiary alicyclic amines) is 1. The SMILES string of the molecule is O=C(CCC(=O)N1CCC(c2ccccc2)=N1)NCc1ccc(CN2CCC(O)CC2)cc1. The first-order valence-electron chi connectivity index (χ1n) is 11.7. The highest BCUT2D eigenvalue weighted by molar-refractivity contribution is 6.02. The maximum Gasteiger partial charge on any atom is 0.243 e. The predicted molar refractivity (Wildman–Crippen MR) is 127 cm³/mol. The molecule has 33 heavy (non-hydrogen) atoms. The molecule has 0 radical (unpaired) electrons. The van der Waals surface area contributed by atoms with Gasteiger partial charge in [0.15, 0.2) is 0 Å². The molecule has 0 aliphatic carbocycles. The number of nitrogens with zero attached hydrogens (tertiary/aromatic N) is 3. The summed E-state index contributed by atoms with van der Waals surface area (Å²) in [7, 11) is 0. The number of aliphatic hydroxyl groups excluding tert-OH is 1. The number of carbonyl (C=O) groups is 2. The Morgan fingerprint density at radius 1 is 0.939 bits per heavy atom. The standard InChI is InChI=1S/C26H32N4O3/c31-23-12-15-29(16-13-23)19-21-8-6-20(7-9-21)18-27-25(32)10-11-26(33)30-17-14-24(28-30)22-4-2-1-3-5-22/h1-9,23,31H,10-19H2,(H,27,32). The minimum absolute atomic E-state index is 0.120. The molecule has 2 aliphatic rings. The van der Waals surface area contributed by atoms with E-state index in [9.17, 15) is 14.7 Å². The van der Waals surface area contributed by atoms with Gasteiger partial charge in [0.2, 0.25) is 11.8 Å². The van der Waals surface area contributed by atoms with E-state index in [-0.39, 0.29) is 30.8 Å². The molecule has 2 aromatic carbocycles. The van der Waals surface area contributed by atoms with Crippen molar-refractivity contribution < 1.29 is 14.7 Å². The van der Waals surface area contributed by atoms with Gasteiger partial charge in [-0.05, 0) is 29.5 Å². The molecule has 2 aromatic rings. The number of carbonyl (C=O) groups excluding carboxylic acids is 2. The summed E-state index contributed by atoms with van der Waals surface area (Å²) in [5, 5.41) is 18.4. The summed E-state index contributed by atoms with van der Waals surface area (Å²) in [4.78, 5) is 27.0. The van der Waals surface area contributed by atoms with Gasteiger partial charge < -0.3 is 10.4 Å². The van der Waals surface area contributed by atoms with E-state index in [2.05, 4.69) is 27.5 Å². The van der Waals surface area contributed by atoms with Crippen molar-refractivity contribution in [2.45, 2.75) is 51.3 Å². The first kappa shape index (κ1) is 23.1. The van der Waals surface area contributed by atoms with Crippen LogP contribution in [0, 0.1) is 0 Å². The quantitative estimate of drug-likeness (QED) is 0.650. The minimum atomic E-state index is -0.155. The zero-order chi connectivity index (χ0) is 23.0. The van der Waals surface area contributed by atoms with Crippen molar-refractivity contribution in [3.05, 3.63) is 71.3 Å². The van der Waals surface area contributed by atoms with Crippen LogP contribution >= 0.6 is 0 Å². The number of hydrazone groups is 1. The van der Waals surface area contributed by atoms with Crippen LogP contribution < -0.4 is 5.32 Å². The molecular weight excluding hydrogens is 416 g/mol. The van der Waals surface area contributed by atoms with E-state index >= 15 is 0 Å². The van der Waals surface area contributed by atoms with Crippen molar-refractivity contribution in [3.8, 4) is 0 Å². The Morgan fingerprint density at radius 2 is 1.64 bits per heavy atom. The third-order valence-electron chi connectivity index (χ3n) is 6.24. The van der Waals surface area contributed by atoms with E-state index < -0.39 is 0 Å². The Morgan fingerprint density at radius 3 is 2.36 bits per heavy atom. The van der Waals surface area contributed by atoms with Crippen molar-refractivity contribution in [1.82, 2.24) is 15.2 Å². The van der Waals surface area contributed by atoms with Crippen LogP contribution in [0.25, 0.3) is 0 Å². The fraction of sp³-hybridized carbons (Fsp3) is 0.423. The average molecular weight is 449 g/mol. The van der Waals surface area contributed by atoms with Crippen LogP contribution in [-0.2, 0) is 22.7 Å². The lowest BCUT2D eigenvalue weighted by atomic mass is 10.1. The third-order valence-corrected chi connectivity index (χ3v) is 6.24. The van der Waals surface area contributed by atoms with Crippen LogP contribution in [0.1, 0.15) is 48.8 Å². The summed E-state index contributed by atoms with van der Waals surface area (Å²) in [6, 6.07) is 18.1. The van der Waals surface area contributed by atoms with E-state index in [1.165, 1.54) is 10.6 Å². The summed E-state index contributed by atoms with van der Waals surface area (Å²) < 4.78 is 0. The topological polar surface area (TPSA) is 85.2 Å². The number of rotatable bonds is 8. The number of hydrogen-bond donors (Lipinski definition) is 2. The molecule has 7 nitrogen and oxygen atoms in total. The highest BCUT2D eigenvalue weighted by atomic mass is 16.3. The summed E-state index contributed by atoms with van der Waals surface area (Å²) in [6.45, 7) is 3.74. The summed E-state index contributed by atoms with van der Waals surface area (Å²) >= 11 is 0. The number of hydrogen-bond acceptors (Lipinski definition) is 5. The van der Waals surface area contributed by atoms with Gasteiger partial charge in [0.25, 0.3) is 0 Å². The smallest absolute Gasteiger partial charge is 0.243 e. The lowest BCUT2D eigenvalue weighted by molar-refractivity contribution is -0.133. The Labute approximate surface area is 195 Å². The molecule has 2 N–H and O–H groups in total. The largest absolute Gasteiger partial charge is 0.393 e. The molecular formula is C26H32N4O3. The van der Waals surface area contributed by atoms with Crippen LogP contribution in [-0.4, -0.2) is 58.3 Å². The van der Waals surface area contributed by atoms with Crippen LogP contribution in [0.2, 0.25) is 0 Å². The molecule has 1 saturated heterocycles. The van der Waals surface area contributed by atoms with E-state index in [1.54, 1.807) is 0 Å². The van der Waals surface area contributed by atoms with Gasteiger partial charge in [-0.3, -0.25) is 14.5 Å².